The topological polar surface area (TPSA) is 138 Å². The van der Waals surface area contributed by atoms with Crippen LogP contribution in [0.25, 0.3) is 0 Å². The van der Waals surface area contributed by atoms with E-state index in [2.05, 4.69) is 10.0 Å². The zero-order chi connectivity index (χ0) is 29.6. The Hall–Kier alpha value is -3.51. The van der Waals surface area contributed by atoms with Crippen LogP contribution in [0, 0.1) is 5.92 Å². The Kier molecular flexibility index (Phi) is 10.3. The van der Waals surface area contributed by atoms with Crippen molar-refractivity contribution in [1.29, 1.82) is 0 Å². The molecular weight excluding hydrogens is 536 g/mol. The summed E-state index contributed by atoms with van der Waals surface area (Å²) < 4.78 is 40.1. The lowest BCUT2D eigenvalue weighted by Crippen LogP contribution is -2.49. The maximum Gasteiger partial charge on any atom is 0.317 e. The van der Waals surface area contributed by atoms with Crippen LogP contribution in [0.3, 0.4) is 0 Å². The number of hydrogen-bond acceptors (Lipinski definition) is 7. The van der Waals surface area contributed by atoms with Crippen molar-refractivity contribution in [2.75, 3.05) is 38.6 Å². The number of carbonyl (C=O) groups excluding carboxylic acids is 2. The van der Waals surface area contributed by atoms with Crippen LogP contribution in [0.15, 0.2) is 47.4 Å². The lowest BCUT2D eigenvalue weighted by atomic mass is 10.0. The van der Waals surface area contributed by atoms with Crippen LogP contribution in [-0.4, -0.2) is 87.3 Å². The Morgan fingerprint density at radius 3 is 2.48 bits per heavy atom. The smallest absolute Gasteiger partial charge is 0.317 e. The van der Waals surface area contributed by atoms with Crippen molar-refractivity contribution in [2.45, 2.75) is 57.2 Å². The predicted molar refractivity (Wildman–Crippen MR) is 152 cm³/mol. The maximum absolute atomic E-state index is 13.4. The van der Waals surface area contributed by atoms with E-state index in [-0.39, 0.29) is 54.1 Å². The minimum absolute atomic E-state index is 0.0341. The fraction of sp³-hybridized carbons (Fsp3) is 0.500. The predicted octanol–water partition coefficient (Wildman–Crippen LogP) is 2.69. The van der Waals surface area contributed by atoms with Crippen molar-refractivity contribution in [1.82, 2.24) is 15.1 Å². The number of fused-ring (bicyclic) bond motifs is 1. The largest absolute Gasteiger partial charge is 0.497 e. The Bertz CT molecular complexity index is 1280. The van der Waals surface area contributed by atoms with Crippen LogP contribution in [0.2, 0.25) is 0 Å². The molecule has 0 saturated carbocycles. The number of benzene rings is 2. The molecule has 11 nitrogen and oxygen atoms in total. The van der Waals surface area contributed by atoms with E-state index >= 15 is 0 Å². The quantitative estimate of drug-likeness (QED) is 0.417. The number of nitrogens with zero attached hydrogens (tertiary/aromatic N) is 2. The van der Waals surface area contributed by atoms with E-state index in [9.17, 15) is 23.1 Å². The fourth-order valence-corrected chi connectivity index (χ4v) is 5.44. The van der Waals surface area contributed by atoms with Gasteiger partial charge in [-0.1, -0.05) is 6.92 Å². The molecule has 1 aliphatic rings. The summed E-state index contributed by atoms with van der Waals surface area (Å²) in [6.07, 6.45) is -0.538. The number of anilines is 1. The van der Waals surface area contributed by atoms with Gasteiger partial charge in [-0.15, -0.1) is 0 Å². The molecular formula is C28H40N4O7S. The molecule has 0 aliphatic carbocycles. The van der Waals surface area contributed by atoms with Gasteiger partial charge in [0.25, 0.3) is 10.0 Å². The number of rotatable bonds is 9. The van der Waals surface area contributed by atoms with Gasteiger partial charge in [0.15, 0.2) is 0 Å². The monoisotopic (exact) mass is 576 g/mol. The van der Waals surface area contributed by atoms with Crippen LogP contribution in [-0.2, 0) is 21.2 Å². The molecule has 1 aliphatic heterocycles. The highest BCUT2D eigenvalue weighted by molar-refractivity contribution is 7.92. The fourth-order valence-electron chi connectivity index (χ4n) is 4.39. The average molecular weight is 577 g/mol. The molecule has 0 radical (unpaired) electrons. The maximum atomic E-state index is 13.4. The second-order valence-electron chi connectivity index (χ2n) is 10.5. The summed E-state index contributed by atoms with van der Waals surface area (Å²) in [4.78, 5) is 29.2. The third kappa shape index (κ3) is 7.79. The highest BCUT2D eigenvalue weighted by Crippen LogP contribution is 2.30. The number of hydrogen-bond donors (Lipinski definition) is 3. The summed E-state index contributed by atoms with van der Waals surface area (Å²) >= 11 is 0. The zero-order valence-corrected chi connectivity index (χ0v) is 24.7. The minimum Gasteiger partial charge on any atom is -0.497 e. The summed E-state index contributed by atoms with van der Waals surface area (Å²) in [5.41, 5.74) is 0.758. The Balaban J connectivity index is 1.94. The van der Waals surface area contributed by atoms with Gasteiger partial charge in [-0.25, -0.2) is 13.2 Å². The first-order valence-electron chi connectivity index (χ1n) is 13.2. The van der Waals surface area contributed by atoms with E-state index < -0.39 is 22.2 Å². The number of methoxy groups -OCH3 is 1. The molecule has 1 heterocycles. The summed E-state index contributed by atoms with van der Waals surface area (Å²) in [7, 11) is -0.735. The van der Waals surface area contributed by atoms with Crippen molar-refractivity contribution in [3.8, 4) is 11.5 Å². The first-order valence-corrected chi connectivity index (χ1v) is 14.7. The standard InChI is InChI=1S/C28H40N4O7S/c1-18(2)29-28(35)31(5)16-26-19(3)15-32(20(4)17-33)27(34)14-21-13-22(7-12-25(21)39-26)30-40(36,37)24-10-8-23(38-6)9-11-24/h7-13,18-20,26,30,33H,14-17H2,1-6H3,(H,29,35)/t19-,20-,26-/m1/s1. The number of amides is 3. The second-order valence-corrected chi connectivity index (χ2v) is 12.2. The number of carbonyl (C=O) groups is 2. The van der Waals surface area contributed by atoms with Crippen LogP contribution in [0.1, 0.15) is 33.3 Å². The molecule has 2 aromatic rings. The van der Waals surface area contributed by atoms with Gasteiger partial charge < -0.3 is 29.7 Å². The Morgan fingerprint density at radius 2 is 1.88 bits per heavy atom. The van der Waals surface area contributed by atoms with Crippen LogP contribution in [0.5, 0.6) is 11.5 Å². The first-order chi connectivity index (χ1) is 18.8. The molecule has 12 heteroatoms. The van der Waals surface area contributed by atoms with E-state index in [4.69, 9.17) is 9.47 Å². The van der Waals surface area contributed by atoms with Crippen molar-refractivity contribution < 1.29 is 32.6 Å². The minimum atomic E-state index is -3.91. The highest BCUT2D eigenvalue weighted by atomic mass is 32.2. The third-order valence-corrected chi connectivity index (χ3v) is 8.15. The molecule has 220 valence electrons. The summed E-state index contributed by atoms with van der Waals surface area (Å²) in [5.74, 6) is 0.546. The van der Waals surface area contributed by atoms with Gasteiger partial charge >= 0.3 is 6.03 Å². The van der Waals surface area contributed by atoms with E-state index in [1.807, 2.05) is 20.8 Å². The van der Waals surface area contributed by atoms with Crippen LogP contribution in [0.4, 0.5) is 10.5 Å². The van der Waals surface area contributed by atoms with Gasteiger partial charge in [0, 0.05) is 36.8 Å². The number of sulfonamides is 1. The molecule has 0 bridgehead atoms. The molecule has 0 spiro atoms. The molecule has 0 fully saturated rings. The van der Waals surface area contributed by atoms with E-state index in [0.29, 0.717) is 23.6 Å². The molecule has 0 saturated heterocycles. The van der Waals surface area contributed by atoms with Crippen LogP contribution < -0.4 is 19.5 Å². The number of urea groups is 1. The van der Waals surface area contributed by atoms with Crippen molar-refractivity contribution in [3.05, 3.63) is 48.0 Å². The first kappa shape index (κ1) is 31.0. The van der Waals surface area contributed by atoms with E-state index in [0.717, 1.165) is 0 Å². The molecule has 3 N–H and O–H groups in total. The van der Waals surface area contributed by atoms with E-state index in [1.165, 1.54) is 24.1 Å². The number of aliphatic hydroxyl groups excluding tert-OH is 1. The molecule has 3 rings (SSSR count). The number of aliphatic hydroxyl groups is 1. The van der Waals surface area contributed by atoms with Gasteiger partial charge in [0.05, 0.1) is 37.6 Å². The zero-order valence-electron chi connectivity index (χ0n) is 23.9. The summed E-state index contributed by atoms with van der Waals surface area (Å²) in [6.45, 7) is 7.81. The number of likely N-dealkylation sites (N-methyl/N-ethyl adjacent to an activating group) is 1. The highest BCUT2D eigenvalue weighted by Gasteiger charge is 2.32. The molecule has 3 amide bonds. The molecule has 3 atom stereocenters. The van der Waals surface area contributed by atoms with Crippen molar-refractivity contribution in [3.63, 3.8) is 0 Å². The van der Waals surface area contributed by atoms with Crippen LogP contribution >= 0.6 is 0 Å². The Morgan fingerprint density at radius 1 is 1.20 bits per heavy atom. The van der Waals surface area contributed by atoms with Gasteiger partial charge in [0.1, 0.15) is 17.6 Å². The average Bonchev–Trinajstić information content (AvgIpc) is 2.95. The van der Waals surface area contributed by atoms with E-state index in [1.54, 1.807) is 49.2 Å². The SMILES string of the molecule is COc1ccc(S(=O)(=O)Nc2ccc3c(c2)CC(=O)N([C@H](C)CO)C[C@@H](C)[C@@H](CN(C)C(=O)NC(C)C)O3)cc1. The normalized spacial score (nSPS) is 18.5. The lowest BCUT2D eigenvalue weighted by Gasteiger charge is -2.34. The number of ether oxygens (including phenoxy) is 2. The summed E-state index contributed by atoms with van der Waals surface area (Å²) in [6, 6.07) is 10.1. The molecule has 2 aromatic carbocycles. The molecule has 0 unspecified atom stereocenters. The summed E-state index contributed by atoms with van der Waals surface area (Å²) in [5, 5.41) is 12.7. The molecule has 40 heavy (non-hydrogen) atoms. The lowest BCUT2D eigenvalue weighted by molar-refractivity contribution is -0.134. The Labute approximate surface area is 236 Å². The van der Waals surface area contributed by atoms with Crippen molar-refractivity contribution in [2.24, 2.45) is 5.92 Å². The third-order valence-electron chi connectivity index (χ3n) is 6.75. The van der Waals surface area contributed by atoms with Gasteiger partial charge in [-0.05, 0) is 63.2 Å². The van der Waals surface area contributed by atoms with Gasteiger partial charge in [0.2, 0.25) is 5.91 Å². The van der Waals surface area contributed by atoms with Gasteiger partial charge in [-0.3, -0.25) is 9.52 Å². The number of nitrogens with one attached hydrogen (secondary N) is 2. The van der Waals surface area contributed by atoms with Gasteiger partial charge in [-0.2, -0.15) is 0 Å². The molecule has 0 aromatic heterocycles. The van der Waals surface area contributed by atoms with Crippen molar-refractivity contribution >= 4 is 27.6 Å². The second kappa shape index (κ2) is 13.2.